The van der Waals surface area contributed by atoms with Gasteiger partial charge in [-0.2, -0.15) is 0 Å². The SMILES string of the molecule is CO/N=C1\CC23CCC4C(C)(C(=O)OC)CCCC4(C)C2CCC1(C)C3. The number of rotatable bonds is 2. The van der Waals surface area contributed by atoms with Crippen LogP contribution in [0.2, 0.25) is 0 Å². The number of carbonyl (C=O) groups excluding carboxylic acids is 1. The smallest absolute Gasteiger partial charge is 0.311 e. The van der Waals surface area contributed by atoms with Crippen LogP contribution in [0, 0.1) is 33.5 Å². The lowest BCUT2D eigenvalue weighted by Crippen LogP contribution is -2.58. The fraction of sp³-hybridized carbons (Fsp3) is 0.909. The quantitative estimate of drug-likeness (QED) is 0.515. The second-order valence-corrected chi connectivity index (χ2v) is 10.4. The Balaban J connectivity index is 1.72. The van der Waals surface area contributed by atoms with E-state index in [1.807, 2.05) is 0 Å². The molecule has 4 aliphatic carbocycles. The van der Waals surface area contributed by atoms with E-state index >= 15 is 0 Å². The molecule has 0 amide bonds. The van der Waals surface area contributed by atoms with Gasteiger partial charge in [0.1, 0.15) is 7.11 Å². The van der Waals surface area contributed by atoms with Crippen molar-refractivity contribution in [3.05, 3.63) is 0 Å². The van der Waals surface area contributed by atoms with Gasteiger partial charge in [-0.15, -0.1) is 0 Å². The molecule has 4 aliphatic rings. The summed E-state index contributed by atoms with van der Waals surface area (Å²) in [5.74, 6) is 1.15. The molecule has 4 fully saturated rings. The summed E-state index contributed by atoms with van der Waals surface area (Å²) in [5, 5.41) is 4.46. The van der Waals surface area contributed by atoms with Crippen molar-refractivity contribution in [1.82, 2.24) is 0 Å². The first-order valence-corrected chi connectivity index (χ1v) is 10.4. The average Bonchev–Trinajstić information content (AvgIpc) is 2.79. The van der Waals surface area contributed by atoms with Gasteiger partial charge in [-0.3, -0.25) is 4.79 Å². The van der Waals surface area contributed by atoms with E-state index in [-0.39, 0.29) is 22.2 Å². The Hall–Kier alpha value is -1.06. The van der Waals surface area contributed by atoms with E-state index in [1.54, 1.807) is 14.2 Å². The normalized spacial score (nSPS) is 51.5. The maximum absolute atomic E-state index is 12.7. The summed E-state index contributed by atoms with van der Waals surface area (Å²) >= 11 is 0. The average molecular weight is 362 g/mol. The Bertz CT molecular complexity index is 645. The van der Waals surface area contributed by atoms with Gasteiger partial charge in [0.05, 0.1) is 18.2 Å². The molecule has 6 atom stereocenters. The van der Waals surface area contributed by atoms with Gasteiger partial charge in [-0.1, -0.05) is 25.4 Å². The summed E-state index contributed by atoms with van der Waals surface area (Å²) in [7, 11) is 3.23. The molecule has 0 aromatic rings. The lowest BCUT2D eigenvalue weighted by molar-refractivity contribution is -0.185. The van der Waals surface area contributed by atoms with Crippen molar-refractivity contribution in [1.29, 1.82) is 0 Å². The lowest BCUT2D eigenvalue weighted by atomic mass is 9.40. The third-order valence-corrected chi connectivity index (χ3v) is 9.24. The van der Waals surface area contributed by atoms with Gasteiger partial charge in [-0.25, -0.2) is 0 Å². The summed E-state index contributed by atoms with van der Waals surface area (Å²) in [6.45, 7) is 7.07. The first kappa shape index (κ1) is 18.3. The molecule has 1 spiro atoms. The number of esters is 1. The van der Waals surface area contributed by atoms with Crippen LogP contribution in [0.4, 0.5) is 0 Å². The number of hydrogen-bond acceptors (Lipinski definition) is 4. The molecule has 26 heavy (non-hydrogen) atoms. The maximum Gasteiger partial charge on any atom is 0.311 e. The predicted molar refractivity (Wildman–Crippen MR) is 102 cm³/mol. The minimum absolute atomic E-state index is 0.0121. The summed E-state index contributed by atoms with van der Waals surface area (Å²) < 4.78 is 5.27. The molecule has 2 bridgehead atoms. The number of nitrogens with zero attached hydrogens (tertiary/aromatic N) is 1. The van der Waals surface area contributed by atoms with Crippen molar-refractivity contribution in [2.45, 2.75) is 78.6 Å². The van der Waals surface area contributed by atoms with Gasteiger partial charge in [0.2, 0.25) is 0 Å². The minimum Gasteiger partial charge on any atom is -0.469 e. The number of hydrogen-bond donors (Lipinski definition) is 0. The molecular weight excluding hydrogens is 326 g/mol. The Labute approximate surface area is 158 Å². The Morgan fingerprint density at radius 3 is 2.46 bits per heavy atom. The van der Waals surface area contributed by atoms with Crippen LogP contribution in [0.25, 0.3) is 0 Å². The lowest BCUT2D eigenvalue weighted by Gasteiger charge is -2.64. The van der Waals surface area contributed by atoms with Gasteiger partial charge in [0.25, 0.3) is 0 Å². The highest BCUT2D eigenvalue weighted by Crippen LogP contribution is 2.73. The van der Waals surface area contributed by atoms with Gasteiger partial charge < -0.3 is 9.57 Å². The minimum atomic E-state index is -0.313. The highest BCUT2D eigenvalue weighted by atomic mass is 16.6. The first-order valence-electron chi connectivity index (χ1n) is 10.4. The largest absolute Gasteiger partial charge is 0.469 e. The van der Waals surface area contributed by atoms with Crippen molar-refractivity contribution in [3.63, 3.8) is 0 Å². The van der Waals surface area contributed by atoms with E-state index in [0.29, 0.717) is 17.3 Å². The zero-order valence-corrected chi connectivity index (χ0v) is 17.2. The third kappa shape index (κ3) is 2.19. The highest BCUT2D eigenvalue weighted by molar-refractivity contribution is 5.93. The number of carbonyl (C=O) groups is 1. The van der Waals surface area contributed by atoms with E-state index in [9.17, 15) is 4.79 Å². The van der Waals surface area contributed by atoms with Crippen molar-refractivity contribution >= 4 is 11.7 Å². The molecule has 0 aromatic heterocycles. The van der Waals surface area contributed by atoms with Gasteiger partial charge in [-0.05, 0) is 81.0 Å². The van der Waals surface area contributed by atoms with E-state index in [4.69, 9.17) is 9.57 Å². The van der Waals surface area contributed by atoms with Crippen LogP contribution >= 0.6 is 0 Å². The van der Waals surface area contributed by atoms with Crippen LogP contribution in [0.3, 0.4) is 0 Å². The Kier molecular flexibility index (Phi) is 4.03. The van der Waals surface area contributed by atoms with Crippen LogP contribution < -0.4 is 0 Å². The second kappa shape index (κ2) is 5.72. The van der Waals surface area contributed by atoms with E-state index in [1.165, 1.54) is 37.8 Å². The molecule has 0 aliphatic heterocycles. The zero-order chi connectivity index (χ0) is 18.8. The highest BCUT2D eigenvalue weighted by Gasteiger charge is 2.67. The molecule has 0 saturated heterocycles. The molecular formula is C22H35NO3. The second-order valence-electron chi connectivity index (χ2n) is 10.4. The van der Waals surface area contributed by atoms with Crippen molar-refractivity contribution in [3.8, 4) is 0 Å². The summed E-state index contributed by atoms with van der Waals surface area (Å²) in [5.41, 5.74) is 1.80. The van der Waals surface area contributed by atoms with Crippen LogP contribution in [0.15, 0.2) is 5.16 Å². The van der Waals surface area contributed by atoms with E-state index < -0.39 is 0 Å². The third-order valence-electron chi connectivity index (χ3n) is 9.24. The van der Waals surface area contributed by atoms with Gasteiger partial charge in [0.15, 0.2) is 0 Å². The topological polar surface area (TPSA) is 47.9 Å². The number of ether oxygens (including phenoxy) is 1. The summed E-state index contributed by atoms with van der Waals surface area (Å²) in [4.78, 5) is 17.9. The number of methoxy groups -OCH3 is 1. The molecule has 146 valence electrons. The Morgan fingerprint density at radius 1 is 1.04 bits per heavy atom. The van der Waals surface area contributed by atoms with Gasteiger partial charge in [0, 0.05) is 5.41 Å². The standard InChI is InChI=1S/C22H35NO3/c1-19-11-7-16-20(2)9-6-10-21(3,18(24)25-4)15(20)8-12-22(16,14-19)13-17(19)23-26-5/h15-16H,6-14H2,1-5H3/b23-17+. The van der Waals surface area contributed by atoms with Crippen LogP contribution in [-0.2, 0) is 14.4 Å². The molecule has 0 heterocycles. The summed E-state index contributed by atoms with van der Waals surface area (Å²) in [6, 6.07) is 0. The molecule has 0 N–H and O–H groups in total. The monoisotopic (exact) mass is 361 g/mol. The fourth-order valence-corrected chi connectivity index (χ4v) is 8.26. The summed E-state index contributed by atoms with van der Waals surface area (Å²) in [6.07, 6.45) is 10.6. The van der Waals surface area contributed by atoms with Crippen LogP contribution in [0.1, 0.15) is 78.6 Å². The molecule has 4 saturated carbocycles. The Morgan fingerprint density at radius 2 is 1.77 bits per heavy atom. The number of fused-ring (bicyclic) bond motifs is 3. The van der Waals surface area contributed by atoms with E-state index in [0.717, 1.165) is 25.7 Å². The molecule has 0 radical (unpaired) electrons. The fourth-order valence-electron chi connectivity index (χ4n) is 8.26. The molecule has 0 aromatic carbocycles. The molecule has 4 rings (SSSR count). The number of oxime groups is 1. The van der Waals surface area contributed by atoms with Crippen molar-refractivity contribution in [2.24, 2.45) is 38.7 Å². The van der Waals surface area contributed by atoms with Crippen LogP contribution in [-0.4, -0.2) is 25.9 Å². The molecule has 4 heteroatoms. The van der Waals surface area contributed by atoms with E-state index in [2.05, 4.69) is 25.9 Å². The maximum atomic E-state index is 12.7. The first-order chi connectivity index (χ1) is 12.2. The molecule has 6 unspecified atom stereocenters. The van der Waals surface area contributed by atoms with Gasteiger partial charge >= 0.3 is 5.97 Å². The van der Waals surface area contributed by atoms with Crippen LogP contribution in [0.5, 0.6) is 0 Å². The van der Waals surface area contributed by atoms with Crippen molar-refractivity contribution in [2.75, 3.05) is 14.2 Å². The van der Waals surface area contributed by atoms with Crippen molar-refractivity contribution < 1.29 is 14.4 Å². The zero-order valence-electron chi connectivity index (χ0n) is 17.2. The predicted octanol–water partition coefficient (Wildman–Crippen LogP) is 4.96. The molecule has 4 nitrogen and oxygen atoms in total.